The van der Waals surface area contributed by atoms with Crippen molar-refractivity contribution < 1.29 is 27.1 Å². The second-order valence-corrected chi connectivity index (χ2v) is 7.29. The quantitative estimate of drug-likeness (QED) is 0.918. The summed E-state index contributed by atoms with van der Waals surface area (Å²) in [6.07, 6.45) is 0.287. The summed E-state index contributed by atoms with van der Waals surface area (Å²) in [6.45, 7) is 0. The zero-order chi connectivity index (χ0) is 14.9. The van der Waals surface area contributed by atoms with Gasteiger partial charge in [-0.15, -0.1) is 0 Å². The Bertz CT molecular complexity index is 627. The first-order chi connectivity index (χ1) is 9.28. The van der Waals surface area contributed by atoms with Crippen LogP contribution in [0.15, 0.2) is 18.2 Å². The van der Waals surface area contributed by atoms with E-state index < -0.39 is 39.3 Å². The van der Waals surface area contributed by atoms with Gasteiger partial charge in [0.25, 0.3) is 0 Å². The average molecular weight is 304 g/mol. The van der Waals surface area contributed by atoms with E-state index in [0.717, 1.165) is 12.1 Å². The summed E-state index contributed by atoms with van der Waals surface area (Å²) in [5.41, 5.74) is 0.348. The lowest BCUT2D eigenvalue weighted by Gasteiger charge is -2.18. The maximum atomic E-state index is 13.1. The fraction of sp³-hybridized carbons (Fsp3) is 0.462. The van der Waals surface area contributed by atoms with E-state index in [9.17, 15) is 27.1 Å². The van der Waals surface area contributed by atoms with Crippen molar-refractivity contribution in [3.8, 4) is 0 Å². The molecule has 7 heteroatoms. The molecule has 1 aliphatic rings. The van der Waals surface area contributed by atoms with Crippen LogP contribution in [0.1, 0.15) is 12.0 Å². The molecule has 0 aliphatic carbocycles. The maximum absolute atomic E-state index is 13.1. The number of hydrogen-bond acceptors (Lipinski definition) is 3. The summed E-state index contributed by atoms with van der Waals surface area (Å²) in [4.78, 5) is 11.3. The van der Waals surface area contributed by atoms with Gasteiger partial charge in [-0.2, -0.15) is 0 Å². The van der Waals surface area contributed by atoms with Crippen LogP contribution in [0.5, 0.6) is 0 Å². The number of sulfone groups is 1. The lowest BCUT2D eigenvalue weighted by Crippen LogP contribution is -2.26. The lowest BCUT2D eigenvalue weighted by atomic mass is 9.86. The topological polar surface area (TPSA) is 71.4 Å². The second-order valence-electron chi connectivity index (χ2n) is 5.06. The van der Waals surface area contributed by atoms with Crippen molar-refractivity contribution in [2.24, 2.45) is 11.8 Å². The fourth-order valence-electron chi connectivity index (χ4n) is 2.52. The minimum absolute atomic E-state index is 0.00722. The Labute approximate surface area is 115 Å². The average Bonchev–Trinajstić information content (AvgIpc) is 2.70. The highest BCUT2D eigenvalue weighted by molar-refractivity contribution is 7.91. The number of hydrogen-bond donors (Lipinski definition) is 1. The monoisotopic (exact) mass is 304 g/mol. The van der Waals surface area contributed by atoms with Gasteiger partial charge in [-0.1, -0.05) is 6.07 Å². The number of carbonyl (C=O) groups is 1. The number of halogens is 2. The van der Waals surface area contributed by atoms with Crippen molar-refractivity contribution >= 4 is 15.8 Å². The highest BCUT2D eigenvalue weighted by Gasteiger charge is 2.37. The maximum Gasteiger partial charge on any atom is 0.307 e. The van der Waals surface area contributed by atoms with Crippen LogP contribution in [-0.4, -0.2) is 31.0 Å². The van der Waals surface area contributed by atoms with Crippen LogP contribution >= 0.6 is 0 Å². The zero-order valence-corrected chi connectivity index (χ0v) is 11.4. The molecule has 4 nitrogen and oxygen atoms in total. The van der Waals surface area contributed by atoms with Gasteiger partial charge in [-0.3, -0.25) is 4.79 Å². The van der Waals surface area contributed by atoms with Gasteiger partial charge in [0.2, 0.25) is 0 Å². The summed E-state index contributed by atoms with van der Waals surface area (Å²) in [7, 11) is -3.18. The molecule has 0 saturated carbocycles. The molecule has 1 N–H and O–H groups in total. The van der Waals surface area contributed by atoms with Crippen molar-refractivity contribution in [3.63, 3.8) is 0 Å². The molecule has 0 bridgehead atoms. The van der Waals surface area contributed by atoms with Crippen molar-refractivity contribution in [1.82, 2.24) is 0 Å². The first-order valence-corrected chi connectivity index (χ1v) is 7.98. The predicted molar refractivity (Wildman–Crippen MR) is 67.9 cm³/mol. The van der Waals surface area contributed by atoms with Crippen LogP contribution in [0.3, 0.4) is 0 Å². The molecule has 1 fully saturated rings. The number of carboxylic acids is 1. The van der Waals surface area contributed by atoms with Crippen LogP contribution in [-0.2, 0) is 21.1 Å². The van der Waals surface area contributed by atoms with Crippen molar-refractivity contribution in [1.29, 1.82) is 0 Å². The SMILES string of the molecule is O=C(O)C(Cc1ccc(F)c(F)c1)C1CCS(=O)(=O)C1. The Morgan fingerprint density at radius 2 is 2.05 bits per heavy atom. The van der Waals surface area contributed by atoms with Crippen molar-refractivity contribution in [2.45, 2.75) is 12.8 Å². The number of aliphatic carboxylic acids is 1. The van der Waals surface area contributed by atoms with Gasteiger partial charge < -0.3 is 5.11 Å². The van der Waals surface area contributed by atoms with Crippen LogP contribution in [0.25, 0.3) is 0 Å². The molecule has 1 aromatic carbocycles. The van der Waals surface area contributed by atoms with Crippen molar-refractivity contribution in [2.75, 3.05) is 11.5 Å². The summed E-state index contributed by atoms with van der Waals surface area (Å²) in [5.74, 6) is -4.71. The molecule has 0 spiro atoms. The van der Waals surface area contributed by atoms with E-state index in [-0.39, 0.29) is 17.9 Å². The Hall–Kier alpha value is -1.50. The number of rotatable bonds is 4. The van der Waals surface area contributed by atoms with E-state index in [1.54, 1.807) is 0 Å². The van der Waals surface area contributed by atoms with Gasteiger partial charge in [-0.05, 0) is 36.5 Å². The third-order valence-electron chi connectivity index (χ3n) is 3.59. The Kier molecular flexibility index (Phi) is 4.08. The predicted octanol–water partition coefficient (Wildman–Crippen LogP) is 1.64. The standard InChI is InChI=1S/C13H14F2O4S/c14-11-2-1-8(6-12(11)15)5-10(13(16)17)9-3-4-20(18,19)7-9/h1-2,6,9-10H,3-5,7H2,(H,16,17). The zero-order valence-electron chi connectivity index (χ0n) is 10.6. The molecule has 2 unspecified atom stereocenters. The molecule has 1 aliphatic heterocycles. The second kappa shape index (κ2) is 5.47. The molecule has 2 rings (SSSR count). The smallest absolute Gasteiger partial charge is 0.307 e. The Morgan fingerprint density at radius 1 is 1.35 bits per heavy atom. The van der Waals surface area contributed by atoms with E-state index in [4.69, 9.17) is 0 Å². The van der Waals surface area contributed by atoms with Gasteiger partial charge >= 0.3 is 5.97 Å². The molecule has 1 saturated heterocycles. The molecule has 2 atom stereocenters. The normalized spacial score (nSPS) is 22.6. The third-order valence-corrected chi connectivity index (χ3v) is 5.39. The molecule has 0 amide bonds. The minimum atomic E-state index is -3.18. The first-order valence-electron chi connectivity index (χ1n) is 6.15. The van der Waals surface area contributed by atoms with Gasteiger partial charge in [-0.25, -0.2) is 17.2 Å². The third kappa shape index (κ3) is 3.33. The lowest BCUT2D eigenvalue weighted by molar-refractivity contribution is -0.143. The molecular weight excluding hydrogens is 290 g/mol. The van der Waals surface area contributed by atoms with Crippen LogP contribution in [0.4, 0.5) is 8.78 Å². The van der Waals surface area contributed by atoms with E-state index in [0.29, 0.717) is 12.0 Å². The van der Waals surface area contributed by atoms with E-state index >= 15 is 0 Å². The summed E-state index contributed by atoms with van der Waals surface area (Å²) in [6, 6.07) is 3.21. The molecule has 1 aromatic rings. The van der Waals surface area contributed by atoms with E-state index in [1.807, 2.05) is 0 Å². The van der Waals surface area contributed by atoms with Gasteiger partial charge in [0.15, 0.2) is 21.5 Å². The molecule has 110 valence electrons. The number of carboxylic acid groups (broad SMARTS) is 1. The first kappa shape index (κ1) is 14.9. The van der Waals surface area contributed by atoms with Crippen molar-refractivity contribution in [3.05, 3.63) is 35.4 Å². The summed E-state index contributed by atoms with van der Waals surface area (Å²) < 4.78 is 48.8. The molecule has 0 aromatic heterocycles. The fourth-order valence-corrected chi connectivity index (χ4v) is 4.40. The minimum Gasteiger partial charge on any atom is -0.481 e. The molecule has 20 heavy (non-hydrogen) atoms. The van der Waals surface area contributed by atoms with Crippen LogP contribution in [0, 0.1) is 23.5 Å². The summed E-state index contributed by atoms with van der Waals surface area (Å²) in [5, 5.41) is 9.23. The molecule has 1 heterocycles. The van der Waals surface area contributed by atoms with Gasteiger partial charge in [0.1, 0.15) is 0 Å². The highest BCUT2D eigenvalue weighted by Crippen LogP contribution is 2.29. The van der Waals surface area contributed by atoms with E-state index in [2.05, 4.69) is 0 Å². The molecule has 0 radical (unpaired) electrons. The Balaban J connectivity index is 2.18. The van der Waals surface area contributed by atoms with Crippen LogP contribution in [0.2, 0.25) is 0 Å². The van der Waals surface area contributed by atoms with Gasteiger partial charge in [0, 0.05) is 0 Å². The Morgan fingerprint density at radius 3 is 2.55 bits per heavy atom. The summed E-state index contributed by atoms with van der Waals surface area (Å²) >= 11 is 0. The molecular formula is C13H14F2O4S. The van der Waals surface area contributed by atoms with E-state index in [1.165, 1.54) is 6.07 Å². The van der Waals surface area contributed by atoms with Crippen LogP contribution < -0.4 is 0 Å². The highest BCUT2D eigenvalue weighted by atomic mass is 32.2. The van der Waals surface area contributed by atoms with Gasteiger partial charge in [0.05, 0.1) is 17.4 Å². The largest absolute Gasteiger partial charge is 0.481 e. The number of benzene rings is 1.